The summed E-state index contributed by atoms with van der Waals surface area (Å²) in [5, 5.41) is 8.96. The predicted molar refractivity (Wildman–Crippen MR) is 59.4 cm³/mol. The van der Waals surface area contributed by atoms with E-state index in [2.05, 4.69) is 4.98 Å². The van der Waals surface area contributed by atoms with Crippen molar-refractivity contribution < 1.29 is 14.6 Å². The maximum absolute atomic E-state index is 10.9. The van der Waals surface area contributed by atoms with Crippen LogP contribution in [0.3, 0.4) is 0 Å². The molecule has 1 aromatic rings. The van der Waals surface area contributed by atoms with E-state index in [4.69, 9.17) is 15.6 Å². The quantitative estimate of drug-likeness (QED) is 0.789. The van der Waals surface area contributed by atoms with Gasteiger partial charge in [0.25, 0.3) is 0 Å². The van der Waals surface area contributed by atoms with Crippen LogP contribution in [0, 0.1) is 0 Å². The fraction of sp³-hybridized carbons (Fsp3) is 0.455. The molecule has 0 saturated heterocycles. The van der Waals surface area contributed by atoms with Crippen molar-refractivity contribution in [3.63, 3.8) is 0 Å². The Morgan fingerprint density at radius 1 is 1.62 bits per heavy atom. The van der Waals surface area contributed by atoms with Gasteiger partial charge in [0.1, 0.15) is 6.04 Å². The number of carboxylic acids is 1. The smallest absolute Gasteiger partial charge is 0.321 e. The van der Waals surface area contributed by atoms with Crippen LogP contribution < -0.4 is 10.5 Å². The van der Waals surface area contributed by atoms with E-state index >= 15 is 0 Å². The predicted octanol–water partition coefficient (Wildman–Crippen LogP) is 0.780. The Morgan fingerprint density at radius 3 is 2.75 bits per heavy atom. The highest BCUT2D eigenvalue weighted by Crippen LogP contribution is 2.31. The lowest BCUT2D eigenvalue weighted by atomic mass is 9.78. The summed E-state index contributed by atoms with van der Waals surface area (Å²) in [4.78, 5) is 15.0. The summed E-state index contributed by atoms with van der Waals surface area (Å²) in [7, 11) is 1.49. The lowest BCUT2D eigenvalue weighted by Gasteiger charge is -2.29. The Labute approximate surface area is 94.2 Å². The fourth-order valence-electron chi connectivity index (χ4n) is 1.52. The van der Waals surface area contributed by atoms with E-state index in [0.29, 0.717) is 11.4 Å². The lowest BCUT2D eigenvalue weighted by Crippen LogP contribution is -2.47. The molecule has 0 amide bonds. The summed E-state index contributed by atoms with van der Waals surface area (Å²) >= 11 is 0. The number of hydrogen-bond acceptors (Lipinski definition) is 4. The number of pyridine rings is 1. The number of carboxylic acid groups (broad SMARTS) is 1. The number of aliphatic carboxylic acids is 1. The molecule has 88 valence electrons. The topological polar surface area (TPSA) is 85.4 Å². The number of rotatable bonds is 4. The van der Waals surface area contributed by atoms with Gasteiger partial charge in [-0.1, -0.05) is 19.9 Å². The van der Waals surface area contributed by atoms with Gasteiger partial charge in [0.05, 0.1) is 7.11 Å². The van der Waals surface area contributed by atoms with Gasteiger partial charge in [-0.3, -0.25) is 4.79 Å². The molecule has 0 fully saturated rings. The summed E-state index contributed by atoms with van der Waals surface area (Å²) in [6, 6.07) is 2.49. The van der Waals surface area contributed by atoms with Crippen LogP contribution in [-0.4, -0.2) is 29.2 Å². The normalized spacial score (nSPS) is 13.2. The minimum atomic E-state index is -1.05. The van der Waals surface area contributed by atoms with Crippen molar-refractivity contribution in [2.24, 2.45) is 5.73 Å². The minimum Gasteiger partial charge on any atom is -0.481 e. The molecule has 0 saturated carbocycles. The van der Waals surface area contributed by atoms with Crippen LogP contribution in [0.15, 0.2) is 18.3 Å². The van der Waals surface area contributed by atoms with Crippen LogP contribution in [0.2, 0.25) is 0 Å². The largest absolute Gasteiger partial charge is 0.481 e. The van der Waals surface area contributed by atoms with Gasteiger partial charge in [0.2, 0.25) is 5.88 Å². The second-order valence-electron chi connectivity index (χ2n) is 4.10. The van der Waals surface area contributed by atoms with Gasteiger partial charge < -0.3 is 15.6 Å². The zero-order valence-corrected chi connectivity index (χ0v) is 9.60. The first-order valence-corrected chi connectivity index (χ1v) is 4.89. The molecule has 0 radical (unpaired) electrons. The van der Waals surface area contributed by atoms with Crippen molar-refractivity contribution in [3.05, 3.63) is 23.9 Å². The third-order valence-electron chi connectivity index (χ3n) is 2.70. The van der Waals surface area contributed by atoms with Crippen LogP contribution in [0.1, 0.15) is 19.4 Å². The van der Waals surface area contributed by atoms with Crippen LogP contribution in [0.5, 0.6) is 5.88 Å². The van der Waals surface area contributed by atoms with Gasteiger partial charge in [-0.15, -0.1) is 0 Å². The molecule has 5 heteroatoms. The minimum absolute atomic E-state index is 0.407. The number of methoxy groups -OCH3 is 1. The van der Waals surface area contributed by atoms with Gasteiger partial charge >= 0.3 is 5.97 Å². The van der Waals surface area contributed by atoms with E-state index < -0.39 is 17.4 Å². The second kappa shape index (κ2) is 4.49. The zero-order chi connectivity index (χ0) is 12.3. The molecule has 0 bridgehead atoms. The van der Waals surface area contributed by atoms with Gasteiger partial charge in [-0.2, -0.15) is 0 Å². The zero-order valence-electron chi connectivity index (χ0n) is 9.60. The summed E-state index contributed by atoms with van der Waals surface area (Å²) in [5.41, 5.74) is 5.61. The van der Waals surface area contributed by atoms with Gasteiger partial charge in [-0.05, 0) is 6.07 Å². The molecular weight excluding hydrogens is 208 g/mol. The van der Waals surface area contributed by atoms with E-state index in [0.717, 1.165) is 0 Å². The molecule has 0 spiro atoms. The standard InChI is InChI=1S/C11H16N2O3/c1-11(2,8(12)10(14)15)7-5-4-6-13-9(7)16-3/h4-6,8H,12H2,1-3H3,(H,14,15). The summed E-state index contributed by atoms with van der Waals surface area (Å²) in [6.07, 6.45) is 1.59. The molecule has 0 aromatic carbocycles. The first kappa shape index (κ1) is 12.4. The van der Waals surface area contributed by atoms with Gasteiger partial charge in [-0.25, -0.2) is 4.98 Å². The first-order chi connectivity index (χ1) is 7.41. The molecule has 0 aliphatic rings. The van der Waals surface area contributed by atoms with Crippen LogP contribution in [0.25, 0.3) is 0 Å². The van der Waals surface area contributed by atoms with E-state index in [1.807, 2.05) is 0 Å². The van der Waals surface area contributed by atoms with Crippen LogP contribution >= 0.6 is 0 Å². The monoisotopic (exact) mass is 224 g/mol. The van der Waals surface area contributed by atoms with E-state index in [9.17, 15) is 4.79 Å². The van der Waals surface area contributed by atoms with Crippen molar-refractivity contribution in [3.8, 4) is 5.88 Å². The summed E-state index contributed by atoms with van der Waals surface area (Å²) in [6.45, 7) is 3.51. The molecule has 1 unspecified atom stereocenters. The summed E-state index contributed by atoms with van der Waals surface area (Å²) in [5.74, 6) is -0.639. The Kier molecular flexibility index (Phi) is 3.49. The third-order valence-corrected chi connectivity index (χ3v) is 2.70. The first-order valence-electron chi connectivity index (χ1n) is 4.89. The number of nitrogens with zero attached hydrogens (tertiary/aromatic N) is 1. The Morgan fingerprint density at radius 2 is 2.25 bits per heavy atom. The lowest BCUT2D eigenvalue weighted by molar-refractivity contribution is -0.140. The molecule has 0 aliphatic heterocycles. The van der Waals surface area contributed by atoms with Crippen LogP contribution in [0.4, 0.5) is 0 Å². The maximum Gasteiger partial charge on any atom is 0.321 e. The molecule has 16 heavy (non-hydrogen) atoms. The molecule has 1 aromatic heterocycles. The average molecular weight is 224 g/mol. The molecule has 5 nitrogen and oxygen atoms in total. The Bertz CT molecular complexity index is 391. The van der Waals surface area contributed by atoms with Crippen molar-refractivity contribution in [2.75, 3.05) is 7.11 Å². The molecule has 1 atom stereocenters. The van der Waals surface area contributed by atoms with Crippen molar-refractivity contribution in [1.82, 2.24) is 4.98 Å². The SMILES string of the molecule is COc1ncccc1C(C)(C)C(N)C(=O)O. The molecule has 1 rings (SSSR count). The summed E-state index contributed by atoms with van der Waals surface area (Å²) < 4.78 is 5.10. The number of carbonyl (C=O) groups is 1. The average Bonchev–Trinajstić information content (AvgIpc) is 2.27. The molecular formula is C11H16N2O3. The number of hydrogen-bond donors (Lipinski definition) is 2. The Hall–Kier alpha value is -1.62. The number of ether oxygens (including phenoxy) is 1. The van der Waals surface area contributed by atoms with Crippen LogP contribution in [-0.2, 0) is 10.2 Å². The van der Waals surface area contributed by atoms with Gasteiger partial charge in [0, 0.05) is 17.2 Å². The number of nitrogens with two attached hydrogens (primary N) is 1. The number of aromatic nitrogens is 1. The highest BCUT2D eigenvalue weighted by molar-refractivity contribution is 5.75. The molecule has 3 N–H and O–H groups in total. The van der Waals surface area contributed by atoms with E-state index in [1.165, 1.54) is 7.11 Å². The second-order valence-corrected chi connectivity index (χ2v) is 4.10. The highest BCUT2D eigenvalue weighted by atomic mass is 16.5. The van der Waals surface area contributed by atoms with Crippen molar-refractivity contribution >= 4 is 5.97 Å². The third kappa shape index (κ3) is 2.14. The van der Waals surface area contributed by atoms with E-state index in [1.54, 1.807) is 32.2 Å². The van der Waals surface area contributed by atoms with Crippen molar-refractivity contribution in [2.45, 2.75) is 25.3 Å². The molecule has 0 aliphatic carbocycles. The highest BCUT2D eigenvalue weighted by Gasteiger charge is 2.36. The van der Waals surface area contributed by atoms with Crippen molar-refractivity contribution in [1.29, 1.82) is 0 Å². The van der Waals surface area contributed by atoms with E-state index in [-0.39, 0.29) is 0 Å². The maximum atomic E-state index is 10.9. The fourth-order valence-corrected chi connectivity index (χ4v) is 1.52. The van der Waals surface area contributed by atoms with Gasteiger partial charge in [0.15, 0.2) is 0 Å². The molecule has 1 heterocycles. The Balaban J connectivity index is 3.20.